The molecule has 0 N–H and O–H groups in total. The first-order valence-electron chi connectivity index (χ1n) is 10.1. The van der Waals surface area contributed by atoms with E-state index in [0.717, 1.165) is 38.3 Å². The molecule has 0 radical (unpaired) electrons. The van der Waals surface area contributed by atoms with Crippen molar-refractivity contribution in [3.05, 3.63) is 71.7 Å². The monoisotopic (exact) mass is 392 g/mol. The largest absolute Gasteiger partial charge is 0.350 e. The maximum atomic E-state index is 13.1. The van der Waals surface area contributed by atoms with E-state index in [1.165, 1.54) is 28.6 Å². The van der Waals surface area contributed by atoms with Crippen molar-refractivity contribution in [3.8, 4) is 0 Å². The summed E-state index contributed by atoms with van der Waals surface area (Å²) in [6, 6.07) is 15.2. The minimum absolute atomic E-state index is 0.101. The molecule has 29 heavy (non-hydrogen) atoms. The van der Waals surface area contributed by atoms with E-state index < -0.39 is 0 Å². The van der Waals surface area contributed by atoms with Gasteiger partial charge in [-0.25, -0.2) is 9.18 Å². The second-order valence-corrected chi connectivity index (χ2v) is 8.15. The highest BCUT2D eigenvalue weighted by Gasteiger charge is 2.40. The normalized spacial score (nSPS) is 19.9. The Labute approximate surface area is 169 Å². The number of urea groups is 1. The fraction of sp³-hybridized carbons (Fsp3) is 0.348. The van der Waals surface area contributed by atoms with E-state index in [4.69, 9.17) is 0 Å². The Morgan fingerprint density at radius 1 is 1.00 bits per heavy atom. The van der Waals surface area contributed by atoms with Gasteiger partial charge in [-0.3, -0.25) is 4.90 Å². The fourth-order valence-corrected chi connectivity index (χ4v) is 4.72. The van der Waals surface area contributed by atoms with E-state index in [1.54, 1.807) is 12.1 Å². The number of halogens is 1. The van der Waals surface area contributed by atoms with Crippen LogP contribution in [0.5, 0.6) is 0 Å². The molecule has 1 aromatic heterocycles. The number of hydrogen-bond donors (Lipinski definition) is 0. The number of para-hydroxylation sites is 1. The molecule has 2 aliphatic heterocycles. The van der Waals surface area contributed by atoms with E-state index in [-0.39, 0.29) is 17.9 Å². The van der Waals surface area contributed by atoms with Gasteiger partial charge in [0.25, 0.3) is 0 Å². The first-order valence-corrected chi connectivity index (χ1v) is 10.1. The fourth-order valence-electron chi connectivity index (χ4n) is 4.72. The molecule has 2 saturated heterocycles. The standard InChI is InChI=1S/C23H25FN4O/c1-25-13-18(21-4-2-3-5-22(21)25)14-26-10-11-28-20(15-26)16-27(23(28)29)12-17-6-8-19(24)9-7-17/h2-9,13,20H,10-12,14-16H2,1H3/t20-/m1/s1. The third-order valence-electron chi connectivity index (χ3n) is 6.17. The second kappa shape index (κ2) is 7.19. The van der Waals surface area contributed by atoms with Gasteiger partial charge in [0, 0.05) is 63.4 Å². The molecule has 3 heterocycles. The van der Waals surface area contributed by atoms with Crippen LogP contribution < -0.4 is 0 Å². The van der Waals surface area contributed by atoms with Gasteiger partial charge in [-0.2, -0.15) is 0 Å². The number of fused-ring (bicyclic) bond motifs is 2. The lowest BCUT2D eigenvalue weighted by Gasteiger charge is -2.36. The molecule has 0 spiro atoms. The first kappa shape index (κ1) is 18.2. The van der Waals surface area contributed by atoms with E-state index in [1.807, 2.05) is 9.80 Å². The molecule has 0 unspecified atom stereocenters. The molecule has 5 rings (SSSR count). The van der Waals surface area contributed by atoms with Gasteiger partial charge in [0.05, 0.1) is 6.04 Å². The SMILES string of the molecule is Cn1cc(CN2CCN3C(=O)N(Cc4ccc(F)cc4)C[C@H]3C2)c2ccccc21. The van der Waals surface area contributed by atoms with Gasteiger partial charge < -0.3 is 14.4 Å². The van der Waals surface area contributed by atoms with Gasteiger partial charge in [-0.1, -0.05) is 30.3 Å². The second-order valence-electron chi connectivity index (χ2n) is 8.15. The number of rotatable bonds is 4. The van der Waals surface area contributed by atoms with Gasteiger partial charge in [0.15, 0.2) is 0 Å². The lowest BCUT2D eigenvalue weighted by molar-refractivity contribution is 0.116. The molecule has 2 fully saturated rings. The van der Waals surface area contributed by atoms with Crippen molar-refractivity contribution in [3.63, 3.8) is 0 Å². The Bertz CT molecular complexity index is 1040. The predicted molar refractivity (Wildman–Crippen MR) is 111 cm³/mol. The van der Waals surface area contributed by atoms with Crippen LogP contribution in [0.15, 0.2) is 54.7 Å². The van der Waals surface area contributed by atoms with E-state index in [0.29, 0.717) is 6.54 Å². The maximum Gasteiger partial charge on any atom is 0.320 e. The van der Waals surface area contributed by atoms with Crippen LogP contribution in [0.2, 0.25) is 0 Å². The minimum atomic E-state index is -0.247. The van der Waals surface area contributed by atoms with Crippen molar-refractivity contribution in [2.45, 2.75) is 19.1 Å². The van der Waals surface area contributed by atoms with Gasteiger partial charge >= 0.3 is 6.03 Å². The lowest BCUT2D eigenvalue weighted by atomic mass is 10.1. The Kier molecular flexibility index (Phi) is 4.51. The number of benzene rings is 2. The van der Waals surface area contributed by atoms with Crippen molar-refractivity contribution >= 4 is 16.9 Å². The average molecular weight is 392 g/mol. The first-order chi connectivity index (χ1) is 14.1. The molecular formula is C23H25FN4O. The summed E-state index contributed by atoms with van der Waals surface area (Å²) in [5, 5.41) is 1.30. The zero-order chi connectivity index (χ0) is 20.0. The van der Waals surface area contributed by atoms with Crippen LogP contribution in [0, 0.1) is 5.82 Å². The molecular weight excluding hydrogens is 367 g/mol. The zero-order valence-electron chi connectivity index (χ0n) is 16.6. The summed E-state index contributed by atoms with van der Waals surface area (Å²) in [6.45, 7) is 4.69. The van der Waals surface area contributed by atoms with Crippen molar-refractivity contribution in [2.75, 3.05) is 26.2 Å². The van der Waals surface area contributed by atoms with Crippen molar-refractivity contribution in [1.29, 1.82) is 0 Å². The minimum Gasteiger partial charge on any atom is -0.350 e. The summed E-state index contributed by atoms with van der Waals surface area (Å²) in [6.07, 6.45) is 2.22. The van der Waals surface area contributed by atoms with Crippen molar-refractivity contribution < 1.29 is 9.18 Å². The number of aryl methyl sites for hydroxylation is 1. The van der Waals surface area contributed by atoms with Crippen LogP contribution in [0.1, 0.15) is 11.1 Å². The van der Waals surface area contributed by atoms with Gasteiger partial charge in [0.2, 0.25) is 0 Å². The van der Waals surface area contributed by atoms with Gasteiger partial charge in [-0.15, -0.1) is 0 Å². The van der Waals surface area contributed by atoms with Crippen LogP contribution >= 0.6 is 0 Å². The highest BCUT2D eigenvalue weighted by atomic mass is 19.1. The number of carbonyl (C=O) groups is 1. The van der Waals surface area contributed by atoms with Gasteiger partial charge in [0.1, 0.15) is 5.82 Å². The number of nitrogens with zero attached hydrogens (tertiary/aromatic N) is 4. The van der Waals surface area contributed by atoms with E-state index in [2.05, 4.69) is 47.0 Å². The highest BCUT2D eigenvalue weighted by molar-refractivity contribution is 5.83. The third kappa shape index (κ3) is 3.38. The number of piperazine rings is 1. The third-order valence-corrected chi connectivity index (χ3v) is 6.17. The number of carbonyl (C=O) groups excluding carboxylic acids is 1. The lowest BCUT2D eigenvalue weighted by Crippen LogP contribution is -2.51. The van der Waals surface area contributed by atoms with Crippen LogP contribution in [-0.4, -0.2) is 57.5 Å². The van der Waals surface area contributed by atoms with Crippen LogP contribution in [-0.2, 0) is 20.1 Å². The number of aromatic nitrogens is 1. The quantitative estimate of drug-likeness (QED) is 0.681. The van der Waals surface area contributed by atoms with Crippen molar-refractivity contribution in [2.24, 2.45) is 7.05 Å². The summed E-state index contributed by atoms with van der Waals surface area (Å²) in [4.78, 5) is 19.2. The molecule has 3 aromatic rings. The molecule has 2 aromatic carbocycles. The summed E-state index contributed by atoms with van der Waals surface area (Å²) in [5.41, 5.74) is 3.55. The van der Waals surface area contributed by atoms with E-state index in [9.17, 15) is 9.18 Å². The summed E-state index contributed by atoms with van der Waals surface area (Å²) in [7, 11) is 2.09. The molecule has 0 bridgehead atoms. The molecule has 0 saturated carbocycles. The van der Waals surface area contributed by atoms with E-state index >= 15 is 0 Å². The molecule has 0 aliphatic carbocycles. The Balaban J connectivity index is 1.27. The Hall–Kier alpha value is -2.86. The summed E-state index contributed by atoms with van der Waals surface area (Å²) >= 11 is 0. The van der Waals surface area contributed by atoms with Crippen LogP contribution in [0.25, 0.3) is 10.9 Å². The summed E-state index contributed by atoms with van der Waals surface area (Å²) < 4.78 is 15.3. The summed E-state index contributed by atoms with van der Waals surface area (Å²) in [5.74, 6) is -0.247. The number of amides is 2. The molecule has 5 nitrogen and oxygen atoms in total. The molecule has 2 amide bonds. The molecule has 150 valence electrons. The number of hydrogen-bond acceptors (Lipinski definition) is 2. The Morgan fingerprint density at radius 2 is 1.79 bits per heavy atom. The Morgan fingerprint density at radius 3 is 2.62 bits per heavy atom. The van der Waals surface area contributed by atoms with Gasteiger partial charge in [-0.05, 0) is 29.3 Å². The average Bonchev–Trinajstić information content (AvgIpc) is 3.21. The van der Waals surface area contributed by atoms with Crippen LogP contribution in [0.3, 0.4) is 0 Å². The smallest absolute Gasteiger partial charge is 0.320 e. The maximum absolute atomic E-state index is 13.1. The molecule has 6 heteroatoms. The topological polar surface area (TPSA) is 31.7 Å². The molecule has 1 atom stereocenters. The van der Waals surface area contributed by atoms with Crippen molar-refractivity contribution in [1.82, 2.24) is 19.3 Å². The molecule has 2 aliphatic rings. The highest BCUT2D eigenvalue weighted by Crippen LogP contribution is 2.26. The van der Waals surface area contributed by atoms with Crippen LogP contribution in [0.4, 0.5) is 9.18 Å². The predicted octanol–water partition coefficient (Wildman–Crippen LogP) is 3.44. The zero-order valence-corrected chi connectivity index (χ0v) is 16.6.